The van der Waals surface area contributed by atoms with Crippen LogP contribution in [0.5, 0.6) is 0 Å². The van der Waals surface area contributed by atoms with Gasteiger partial charge in [-0.1, -0.05) is 0 Å². The maximum Gasteiger partial charge on any atom is 0.117 e. The molecule has 0 aromatic carbocycles. The Balaban J connectivity index is 2.01. The molecule has 1 aliphatic heterocycles. The summed E-state index contributed by atoms with van der Waals surface area (Å²) in [5, 5.41) is 9.66. The molecule has 0 amide bonds. The van der Waals surface area contributed by atoms with Crippen molar-refractivity contribution in [2.45, 2.75) is 24.9 Å². The van der Waals surface area contributed by atoms with E-state index >= 15 is 0 Å². The third-order valence-corrected chi connectivity index (χ3v) is 3.84. The van der Waals surface area contributed by atoms with Crippen LogP contribution in [0.3, 0.4) is 0 Å². The van der Waals surface area contributed by atoms with E-state index in [4.69, 9.17) is 4.42 Å². The van der Waals surface area contributed by atoms with Crippen LogP contribution in [-0.4, -0.2) is 54.2 Å². The average molecular weight is 238 g/mol. The quantitative estimate of drug-likeness (QED) is 0.854. The molecule has 0 saturated carbocycles. The second kappa shape index (κ2) is 5.21. The van der Waals surface area contributed by atoms with E-state index in [1.165, 1.54) is 0 Å². The third kappa shape index (κ3) is 2.70. The number of rotatable bonds is 4. The zero-order valence-corrected chi connectivity index (χ0v) is 10.7. The molecule has 0 spiro atoms. The van der Waals surface area contributed by atoms with Gasteiger partial charge in [0.05, 0.1) is 25.0 Å². The third-order valence-electron chi connectivity index (χ3n) is 3.84. The van der Waals surface area contributed by atoms with E-state index in [9.17, 15) is 5.11 Å². The second-order valence-corrected chi connectivity index (χ2v) is 5.17. The Morgan fingerprint density at radius 1 is 1.53 bits per heavy atom. The van der Waals surface area contributed by atoms with E-state index in [1.807, 2.05) is 26.2 Å². The van der Waals surface area contributed by atoms with Gasteiger partial charge < -0.3 is 14.4 Å². The van der Waals surface area contributed by atoms with E-state index in [0.29, 0.717) is 0 Å². The first-order valence-corrected chi connectivity index (χ1v) is 6.19. The summed E-state index contributed by atoms with van der Waals surface area (Å²) in [4.78, 5) is 4.51. The molecule has 1 aromatic heterocycles. The molecule has 4 nitrogen and oxygen atoms in total. The molecule has 1 N–H and O–H groups in total. The molecule has 4 heteroatoms. The van der Waals surface area contributed by atoms with Crippen molar-refractivity contribution in [1.82, 2.24) is 9.80 Å². The normalized spacial score (nSPS) is 26.6. The number of aliphatic hydroxyl groups excluding tert-OH is 1. The highest BCUT2D eigenvalue weighted by Gasteiger charge is 2.36. The molecule has 1 aliphatic rings. The Morgan fingerprint density at radius 2 is 2.35 bits per heavy atom. The van der Waals surface area contributed by atoms with Gasteiger partial charge in [-0.25, -0.2) is 0 Å². The lowest BCUT2D eigenvalue weighted by molar-refractivity contribution is -0.00457. The molecule has 2 rings (SSSR count). The van der Waals surface area contributed by atoms with Gasteiger partial charge in [0.25, 0.3) is 0 Å². The van der Waals surface area contributed by atoms with Gasteiger partial charge in [-0.3, -0.25) is 4.90 Å². The van der Waals surface area contributed by atoms with E-state index in [1.54, 1.807) is 6.26 Å². The fourth-order valence-electron chi connectivity index (χ4n) is 2.60. The molecule has 0 radical (unpaired) electrons. The van der Waals surface area contributed by atoms with Crippen LogP contribution in [-0.2, 0) is 6.54 Å². The molecule has 1 unspecified atom stereocenters. The van der Waals surface area contributed by atoms with Crippen molar-refractivity contribution in [3.63, 3.8) is 0 Å². The molecular formula is C13H22N2O2. The van der Waals surface area contributed by atoms with Crippen molar-refractivity contribution in [3.05, 3.63) is 24.2 Å². The van der Waals surface area contributed by atoms with Gasteiger partial charge in [0.1, 0.15) is 5.76 Å². The molecule has 2 heterocycles. The largest absolute Gasteiger partial charge is 0.468 e. The highest BCUT2D eigenvalue weighted by molar-refractivity contribution is 5.00. The van der Waals surface area contributed by atoms with E-state index in [-0.39, 0.29) is 12.1 Å². The van der Waals surface area contributed by atoms with E-state index < -0.39 is 0 Å². The van der Waals surface area contributed by atoms with Gasteiger partial charge in [0.2, 0.25) is 0 Å². The predicted molar refractivity (Wildman–Crippen MR) is 66.7 cm³/mol. The van der Waals surface area contributed by atoms with Crippen LogP contribution in [0.15, 0.2) is 22.8 Å². The fraction of sp³-hybridized carbons (Fsp3) is 0.692. The molecule has 17 heavy (non-hydrogen) atoms. The zero-order chi connectivity index (χ0) is 12.3. The molecule has 1 saturated heterocycles. The van der Waals surface area contributed by atoms with Crippen LogP contribution in [0.1, 0.15) is 18.6 Å². The highest BCUT2D eigenvalue weighted by atomic mass is 16.3. The minimum absolute atomic E-state index is 0.0924. The van der Waals surface area contributed by atoms with Gasteiger partial charge in [0, 0.05) is 6.54 Å². The van der Waals surface area contributed by atoms with Crippen LogP contribution in [0.4, 0.5) is 0 Å². The Kier molecular flexibility index (Phi) is 3.86. The predicted octanol–water partition coefficient (Wildman–Crippen LogP) is 1.17. The summed E-state index contributed by atoms with van der Waals surface area (Å²) in [5.41, 5.74) is -0.0924. The van der Waals surface area contributed by atoms with Crippen molar-refractivity contribution < 1.29 is 9.52 Å². The maximum absolute atomic E-state index is 9.66. The first-order chi connectivity index (χ1) is 8.16. The molecule has 0 aliphatic carbocycles. The maximum atomic E-state index is 9.66. The zero-order valence-electron chi connectivity index (χ0n) is 10.7. The van der Waals surface area contributed by atoms with Crippen LogP contribution >= 0.6 is 0 Å². The monoisotopic (exact) mass is 238 g/mol. The second-order valence-electron chi connectivity index (χ2n) is 5.17. The molecule has 1 atom stereocenters. The van der Waals surface area contributed by atoms with Crippen LogP contribution in [0, 0.1) is 0 Å². The number of hydrogen-bond donors (Lipinski definition) is 1. The summed E-state index contributed by atoms with van der Waals surface area (Å²) in [6, 6.07) is 3.93. The van der Waals surface area contributed by atoms with Gasteiger partial charge in [-0.2, -0.15) is 0 Å². The number of furan rings is 1. The van der Waals surface area contributed by atoms with Crippen molar-refractivity contribution in [2.75, 3.05) is 33.8 Å². The lowest BCUT2D eigenvalue weighted by atomic mass is 9.88. The first kappa shape index (κ1) is 12.6. The summed E-state index contributed by atoms with van der Waals surface area (Å²) in [6.45, 7) is 3.03. The number of hydrogen-bond acceptors (Lipinski definition) is 4. The summed E-state index contributed by atoms with van der Waals surface area (Å²) in [5.74, 6) is 0.998. The van der Waals surface area contributed by atoms with Crippen molar-refractivity contribution in [2.24, 2.45) is 0 Å². The summed E-state index contributed by atoms with van der Waals surface area (Å²) in [7, 11) is 4.10. The van der Waals surface area contributed by atoms with Crippen molar-refractivity contribution in [1.29, 1.82) is 0 Å². The fourth-order valence-corrected chi connectivity index (χ4v) is 2.60. The number of piperidine rings is 1. The summed E-state index contributed by atoms with van der Waals surface area (Å²) in [6.07, 6.45) is 3.90. The summed E-state index contributed by atoms with van der Waals surface area (Å²) < 4.78 is 5.38. The van der Waals surface area contributed by atoms with E-state index in [0.717, 1.165) is 38.2 Å². The summed E-state index contributed by atoms with van der Waals surface area (Å²) >= 11 is 0. The first-order valence-electron chi connectivity index (χ1n) is 6.19. The van der Waals surface area contributed by atoms with Gasteiger partial charge >= 0.3 is 0 Å². The van der Waals surface area contributed by atoms with Crippen molar-refractivity contribution in [3.8, 4) is 0 Å². The molecule has 0 bridgehead atoms. The smallest absolute Gasteiger partial charge is 0.117 e. The van der Waals surface area contributed by atoms with Crippen LogP contribution in [0.2, 0.25) is 0 Å². The standard InChI is InChI=1S/C13H22N2O2/c1-14(2)13(11-16)6-4-7-15(10-13)9-12-5-3-8-17-12/h3,5,8,16H,4,6-7,9-11H2,1-2H3. The van der Waals surface area contributed by atoms with Gasteiger partial charge in [-0.05, 0) is 45.6 Å². The SMILES string of the molecule is CN(C)C1(CO)CCCN(Cc2ccco2)C1. The molecular weight excluding hydrogens is 216 g/mol. The average Bonchev–Trinajstić information content (AvgIpc) is 2.82. The Hall–Kier alpha value is -0.840. The minimum atomic E-state index is -0.0924. The highest BCUT2D eigenvalue weighted by Crippen LogP contribution is 2.26. The lowest BCUT2D eigenvalue weighted by Crippen LogP contribution is -2.58. The topological polar surface area (TPSA) is 39.9 Å². The molecule has 1 fully saturated rings. The Bertz CT molecular complexity index is 337. The Labute approximate surface area is 103 Å². The minimum Gasteiger partial charge on any atom is -0.468 e. The van der Waals surface area contributed by atoms with Crippen molar-refractivity contribution >= 4 is 0 Å². The number of likely N-dealkylation sites (N-methyl/N-ethyl adjacent to an activating group) is 1. The van der Waals surface area contributed by atoms with Crippen LogP contribution < -0.4 is 0 Å². The lowest BCUT2D eigenvalue weighted by Gasteiger charge is -2.45. The molecule has 1 aromatic rings. The Morgan fingerprint density at radius 3 is 2.94 bits per heavy atom. The van der Waals surface area contributed by atoms with Gasteiger partial charge in [-0.15, -0.1) is 0 Å². The number of aliphatic hydroxyl groups is 1. The van der Waals surface area contributed by atoms with Crippen LogP contribution in [0.25, 0.3) is 0 Å². The van der Waals surface area contributed by atoms with Gasteiger partial charge in [0.15, 0.2) is 0 Å². The molecule has 96 valence electrons. The number of nitrogens with zero attached hydrogens (tertiary/aromatic N) is 2. The van der Waals surface area contributed by atoms with E-state index in [2.05, 4.69) is 9.80 Å². The number of likely N-dealkylation sites (tertiary alicyclic amines) is 1.